The Morgan fingerprint density at radius 1 is 1.42 bits per heavy atom. The lowest BCUT2D eigenvalue weighted by Crippen LogP contribution is -2.44. The van der Waals surface area contributed by atoms with E-state index in [1.807, 2.05) is 24.3 Å². The van der Waals surface area contributed by atoms with Crippen LogP contribution in [0.3, 0.4) is 0 Å². The molecule has 1 heterocycles. The second kappa shape index (κ2) is 6.16. The maximum atomic E-state index is 12.4. The minimum Gasteiger partial charge on any atom is -0.481 e. The topological polar surface area (TPSA) is 69.6 Å². The van der Waals surface area contributed by atoms with Gasteiger partial charge in [-0.1, -0.05) is 15.9 Å². The lowest BCUT2D eigenvalue weighted by atomic mass is 10.1. The smallest absolute Gasteiger partial charge is 0.305 e. The number of carbonyl (C=O) groups is 2. The zero-order valence-corrected chi connectivity index (χ0v) is 11.9. The van der Waals surface area contributed by atoms with E-state index >= 15 is 0 Å². The Morgan fingerprint density at radius 3 is 2.74 bits per heavy atom. The first-order chi connectivity index (χ1) is 9.08. The van der Waals surface area contributed by atoms with Gasteiger partial charge in [0.05, 0.1) is 12.5 Å². The molecule has 0 aromatic heterocycles. The van der Waals surface area contributed by atoms with Crippen molar-refractivity contribution in [3.05, 3.63) is 28.7 Å². The third-order valence-electron chi connectivity index (χ3n) is 3.03. The lowest BCUT2D eigenvalue weighted by molar-refractivity contribution is -0.139. The highest BCUT2D eigenvalue weighted by molar-refractivity contribution is 9.10. The fourth-order valence-electron chi connectivity index (χ4n) is 2.11. The molecule has 1 unspecified atom stereocenters. The van der Waals surface area contributed by atoms with Crippen molar-refractivity contribution in [3.63, 3.8) is 0 Å². The van der Waals surface area contributed by atoms with Crippen molar-refractivity contribution in [3.8, 4) is 0 Å². The largest absolute Gasteiger partial charge is 0.481 e. The van der Waals surface area contributed by atoms with E-state index in [1.165, 1.54) is 0 Å². The first kappa shape index (κ1) is 14.0. The standard InChI is InChI=1S/C13H15BrN2O3/c14-9-2-4-10(5-3-9)16-7-1-6-15-11(13(16)19)8-12(17)18/h2-5,11,15H,1,6-8H2,(H,17,18). The Hall–Kier alpha value is -1.40. The summed E-state index contributed by atoms with van der Waals surface area (Å²) < 4.78 is 0.943. The predicted molar refractivity (Wildman–Crippen MR) is 75.2 cm³/mol. The summed E-state index contributed by atoms with van der Waals surface area (Å²) in [5.41, 5.74) is 0.798. The minimum absolute atomic E-state index is 0.178. The van der Waals surface area contributed by atoms with Crippen LogP contribution in [0.4, 0.5) is 5.69 Å². The first-order valence-corrected chi connectivity index (χ1v) is 6.89. The summed E-state index contributed by atoms with van der Waals surface area (Å²) in [5.74, 6) is -1.15. The Kier molecular flexibility index (Phi) is 4.55. The average Bonchev–Trinajstić information content (AvgIpc) is 2.54. The Bertz CT molecular complexity index is 475. The second-order valence-electron chi connectivity index (χ2n) is 4.42. The van der Waals surface area contributed by atoms with E-state index in [-0.39, 0.29) is 12.3 Å². The van der Waals surface area contributed by atoms with E-state index in [1.54, 1.807) is 4.90 Å². The van der Waals surface area contributed by atoms with Gasteiger partial charge in [-0.2, -0.15) is 0 Å². The Labute approximate surface area is 119 Å². The number of anilines is 1. The molecule has 1 saturated heterocycles. The molecule has 0 saturated carbocycles. The number of nitrogens with zero attached hydrogens (tertiary/aromatic N) is 1. The minimum atomic E-state index is -0.969. The number of carbonyl (C=O) groups excluding carboxylic acids is 1. The van der Waals surface area contributed by atoms with Crippen LogP contribution >= 0.6 is 15.9 Å². The van der Waals surface area contributed by atoms with Crippen LogP contribution in [0.25, 0.3) is 0 Å². The molecule has 1 aliphatic heterocycles. The first-order valence-electron chi connectivity index (χ1n) is 6.10. The van der Waals surface area contributed by atoms with E-state index in [0.29, 0.717) is 13.1 Å². The zero-order valence-electron chi connectivity index (χ0n) is 10.3. The monoisotopic (exact) mass is 326 g/mol. The summed E-state index contributed by atoms with van der Waals surface area (Å²) in [4.78, 5) is 24.8. The van der Waals surface area contributed by atoms with E-state index in [0.717, 1.165) is 16.6 Å². The summed E-state index contributed by atoms with van der Waals surface area (Å²) >= 11 is 3.35. The summed E-state index contributed by atoms with van der Waals surface area (Å²) in [7, 11) is 0. The molecule has 6 heteroatoms. The maximum absolute atomic E-state index is 12.4. The SMILES string of the molecule is O=C(O)CC1NCCCN(c2ccc(Br)cc2)C1=O. The van der Waals surface area contributed by atoms with Crippen LogP contribution in [0.5, 0.6) is 0 Å². The molecule has 102 valence electrons. The molecule has 19 heavy (non-hydrogen) atoms. The number of hydrogen-bond donors (Lipinski definition) is 2. The van der Waals surface area contributed by atoms with E-state index < -0.39 is 12.0 Å². The number of aliphatic carboxylic acids is 1. The third kappa shape index (κ3) is 3.54. The number of carboxylic acid groups (broad SMARTS) is 1. The van der Waals surface area contributed by atoms with Crippen LogP contribution in [-0.2, 0) is 9.59 Å². The van der Waals surface area contributed by atoms with Crippen LogP contribution < -0.4 is 10.2 Å². The highest BCUT2D eigenvalue weighted by atomic mass is 79.9. The number of nitrogens with one attached hydrogen (secondary N) is 1. The van der Waals surface area contributed by atoms with Crippen LogP contribution in [0.2, 0.25) is 0 Å². The van der Waals surface area contributed by atoms with Crippen LogP contribution in [-0.4, -0.2) is 36.1 Å². The molecule has 0 spiro atoms. The van der Waals surface area contributed by atoms with Gasteiger partial charge in [-0.15, -0.1) is 0 Å². The van der Waals surface area contributed by atoms with Crippen LogP contribution in [0.15, 0.2) is 28.7 Å². The fourth-order valence-corrected chi connectivity index (χ4v) is 2.37. The van der Waals surface area contributed by atoms with Gasteiger partial charge in [-0.3, -0.25) is 9.59 Å². The number of carboxylic acids is 1. The van der Waals surface area contributed by atoms with Gasteiger partial charge < -0.3 is 15.3 Å². The number of hydrogen-bond acceptors (Lipinski definition) is 3. The van der Waals surface area contributed by atoms with Crippen molar-refractivity contribution in [2.75, 3.05) is 18.0 Å². The van der Waals surface area contributed by atoms with Crippen molar-refractivity contribution in [1.82, 2.24) is 5.32 Å². The molecule has 0 bridgehead atoms. The number of benzene rings is 1. The highest BCUT2D eigenvalue weighted by Gasteiger charge is 2.29. The van der Waals surface area contributed by atoms with Gasteiger partial charge in [0.1, 0.15) is 0 Å². The van der Waals surface area contributed by atoms with Gasteiger partial charge in [0.2, 0.25) is 5.91 Å². The predicted octanol–water partition coefficient (Wildman–Crippen LogP) is 1.62. The van der Waals surface area contributed by atoms with Crippen molar-refractivity contribution >= 4 is 33.5 Å². The molecule has 2 rings (SSSR count). The molecule has 5 nitrogen and oxygen atoms in total. The normalized spacial score (nSPS) is 20.2. The zero-order chi connectivity index (χ0) is 13.8. The van der Waals surface area contributed by atoms with Gasteiger partial charge in [0.15, 0.2) is 0 Å². The molecule has 0 radical (unpaired) electrons. The van der Waals surface area contributed by atoms with Gasteiger partial charge in [0, 0.05) is 16.7 Å². The molecule has 1 atom stereocenters. The number of halogens is 1. The molecule has 1 amide bonds. The second-order valence-corrected chi connectivity index (χ2v) is 5.34. The molecule has 2 N–H and O–H groups in total. The average molecular weight is 327 g/mol. The molecular weight excluding hydrogens is 312 g/mol. The van der Waals surface area contributed by atoms with E-state index in [4.69, 9.17) is 5.11 Å². The number of rotatable bonds is 3. The molecular formula is C13H15BrN2O3. The molecule has 1 aromatic rings. The summed E-state index contributed by atoms with van der Waals surface area (Å²) in [5, 5.41) is 11.8. The third-order valence-corrected chi connectivity index (χ3v) is 3.56. The quantitative estimate of drug-likeness (QED) is 0.885. The van der Waals surface area contributed by atoms with Gasteiger partial charge in [-0.05, 0) is 37.2 Å². The molecule has 1 aromatic carbocycles. The van der Waals surface area contributed by atoms with Gasteiger partial charge >= 0.3 is 5.97 Å². The summed E-state index contributed by atoms with van der Waals surface area (Å²) in [6.07, 6.45) is 0.615. The molecule has 1 aliphatic rings. The van der Waals surface area contributed by atoms with E-state index in [9.17, 15) is 9.59 Å². The van der Waals surface area contributed by atoms with Gasteiger partial charge in [-0.25, -0.2) is 0 Å². The Morgan fingerprint density at radius 2 is 2.11 bits per heavy atom. The van der Waals surface area contributed by atoms with E-state index in [2.05, 4.69) is 21.2 Å². The van der Waals surface area contributed by atoms with Crippen LogP contribution in [0.1, 0.15) is 12.8 Å². The van der Waals surface area contributed by atoms with Crippen molar-refractivity contribution < 1.29 is 14.7 Å². The molecule has 1 fully saturated rings. The summed E-state index contributed by atoms with van der Waals surface area (Å²) in [6, 6.07) is 6.79. The molecule has 0 aliphatic carbocycles. The van der Waals surface area contributed by atoms with Crippen molar-refractivity contribution in [2.45, 2.75) is 18.9 Å². The fraction of sp³-hybridized carbons (Fsp3) is 0.385. The highest BCUT2D eigenvalue weighted by Crippen LogP contribution is 2.21. The summed E-state index contributed by atoms with van der Waals surface area (Å²) in [6.45, 7) is 1.25. The van der Waals surface area contributed by atoms with Crippen LogP contribution in [0, 0.1) is 0 Å². The Balaban J connectivity index is 2.20. The maximum Gasteiger partial charge on any atom is 0.305 e. The van der Waals surface area contributed by atoms with Crippen molar-refractivity contribution in [1.29, 1.82) is 0 Å². The van der Waals surface area contributed by atoms with Crippen molar-refractivity contribution in [2.24, 2.45) is 0 Å². The van der Waals surface area contributed by atoms with Gasteiger partial charge in [0.25, 0.3) is 0 Å². The number of amides is 1. The lowest BCUT2D eigenvalue weighted by Gasteiger charge is -2.23.